The highest BCUT2D eigenvalue weighted by atomic mass is 19.1. The highest BCUT2D eigenvalue weighted by Gasteiger charge is 2.21. The Morgan fingerprint density at radius 3 is 2.52 bits per heavy atom. The van der Waals surface area contributed by atoms with Gasteiger partial charge < -0.3 is 15.0 Å². The van der Waals surface area contributed by atoms with Crippen LogP contribution >= 0.6 is 0 Å². The summed E-state index contributed by atoms with van der Waals surface area (Å²) >= 11 is 0. The largest absolute Gasteiger partial charge is 0.481 e. The molecule has 1 atom stereocenters. The van der Waals surface area contributed by atoms with E-state index in [1.54, 1.807) is 13.0 Å². The number of hydrogen-bond donors (Lipinski definition) is 1. The first-order valence-corrected chi connectivity index (χ1v) is 7.89. The molecule has 25 heavy (non-hydrogen) atoms. The monoisotopic (exact) mass is 344 g/mol. The summed E-state index contributed by atoms with van der Waals surface area (Å²) in [5, 5.41) is 2.61. The molecular formula is C19H21FN2O3. The zero-order valence-corrected chi connectivity index (χ0v) is 14.5. The maximum absolute atomic E-state index is 12.9. The van der Waals surface area contributed by atoms with Crippen molar-refractivity contribution in [3.63, 3.8) is 0 Å². The summed E-state index contributed by atoms with van der Waals surface area (Å²) in [4.78, 5) is 25.6. The van der Waals surface area contributed by atoms with Crippen LogP contribution in [0.2, 0.25) is 0 Å². The summed E-state index contributed by atoms with van der Waals surface area (Å²) in [6.45, 7) is 3.45. The van der Waals surface area contributed by atoms with Crippen molar-refractivity contribution in [2.45, 2.75) is 20.0 Å². The van der Waals surface area contributed by atoms with Gasteiger partial charge in [0.1, 0.15) is 11.6 Å². The number of carbonyl (C=O) groups is 2. The van der Waals surface area contributed by atoms with Gasteiger partial charge in [-0.3, -0.25) is 9.59 Å². The minimum Gasteiger partial charge on any atom is -0.481 e. The molecule has 0 bridgehead atoms. The molecule has 0 aliphatic carbocycles. The number of benzene rings is 2. The summed E-state index contributed by atoms with van der Waals surface area (Å²) < 4.78 is 18.5. The molecule has 0 aromatic heterocycles. The maximum Gasteiger partial charge on any atom is 0.263 e. The molecule has 2 rings (SSSR count). The average molecular weight is 344 g/mol. The zero-order valence-electron chi connectivity index (χ0n) is 14.5. The molecule has 1 N–H and O–H groups in total. The van der Waals surface area contributed by atoms with Crippen LogP contribution in [0.1, 0.15) is 12.5 Å². The second kappa shape index (κ2) is 8.28. The van der Waals surface area contributed by atoms with Gasteiger partial charge in [-0.05, 0) is 55.8 Å². The highest BCUT2D eigenvalue weighted by molar-refractivity contribution is 5.95. The summed E-state index contributed by atoms with van der Waals surface area (Å²) in [6, 6.07) is 12.8. The van der Waals surface area contributed by atoms with Crippen LogP contribution in [0, 0.1) is 12.7 Å². The number of nitrogens with one attached hydrogen (secondary N) is 1. The van der Waals surface area contributed by atoms with Gasteiger partial charge in [-0.15, -0.1) is 0 Å². The van der Waals surface area contributed by atoms with Crippen molar-refractivity contribution in [3.8, 4) is 5.75 Å². The van der Waals surface area contributed by atoms with Crippen LogP contribution in [0.3, 0.4) is 0 Å². The molecule has 0 radical (unpaired) electrons. The van der Waals surface area contributed by atoms with Crippen LogP contribution in [0.15, 0.2) is 48.5 Å². The number of amides is 2. The summed E-state index contributed by atoms with van der Waals surface area (Å²) in [6.07, 6.45) is -0.717. The van der Waals surface area contributed by atoms with Gasteiger partial charge in [0.2, 0.25) is 5.91 Å². The van der Waals surface area contributed by atoms with Crippen LogP contribution in [0.5, 0.6) is 5.75 Å². The number of halogens is 1. The fourth-order valence-corrected chi connectivity index (χ4v) is 2.28. The molecular weight excluding hydrogens is 323 g/mol. The van der Waals surface area contributed by atoms with Gasteiger partial charge in [-0.25, -0.2) is 4.39 Å². The third kappa shape index (κ3) is 5.60. The van der Waals surface area contributed by atoms with Gasteiger partial charge in [0.15, 0.2) is 6.10 Å². The normalized spacial score (nSPS) is 11.5. The summed E-state index contributed by atoms with van der Waals surface area (Å²) in [5.41, 5.74) is 1.50. The molecule has 2 aromatic carbocycles. The number of nitrogens with zero attached hydrogens (tertiary/aromatic N) is 1. The van der Waals surface area contributed by atoms with E-state index in [4.69, 9.17) is 4.74 Å². The lowest BCUT2D eigenvalue weighted by molar-refractivity contribution is -0.139. The van der Waals surface area contributed by atoms with Crippen LogP contribution in [0.4, 0.5) is 10.1 Å². The molecule has 0 spiro atoms. The van der Waals surface area contributed by atoms with Crippen molar-refractivity contribution in [1.29, 1.82) is 0 Å². The molecule has 2 amide bonds. The second-order valence-electron chi connectivity index (χ2n) is 5.83. The maximum atomic E-state index is 12.9. The topological polar surface area (TPSA) is 58.6 Å². The Morgan fingerprint density at radius 2 is 1.88 bits per heavy atom. The number of carbonyl (C=O) groups excluding carboxylic acids is 2. The van der Waals surface area contributed by atoms with Crippen molar-refractivity contribution in [3.05, 3.63) is 59.9 Å². The molecule has 0 aliphatic rings. The molecule has 0 unspecified atom stereocenters. The first-order valence-electron chi connectivity index (χ1n) is 7.89. The molecule has 0 aliphatic heterocycles. The first-order chi connectivity index (χ1) is 11.8. The first kappa shape index (κ1) is 18.4. The average Bonchev–Trinajstić information content (AvgIpc) is 2.56. The number of likely N-dealkylation sites (N-methyl/N-ethyl adjacent to an activating group) is 1. The van der Waals surface area contributed by atoms with E-state index in [1.165, 1.54) is 36.2 Å². The Labute approximate surface area is 146 Å². The van der Waals surface area contributed by atoms with Crippen LogP contribution in [0.25, 0.3) is 0 Å². The SMILES string of the molecule is Cc1cccc(O[C@@H](C)C(=O)N(C)CC(=O)Nc2ccc(F)cc2)c1. The quantitative estimate of drug-likeness (QED) is 0.876. The smallest absolute Gasteiger partial charge is 0.263 e. The lowest BCUT2D eigenvalue weighted by Gasteiger charge is -2.22. The summed E-state index contributed by atoms with van der Waals surface area (Å²) in [5.74, 6) is -0.460. The zero-order chi connectivity index (χ0) is 18.4. The van der Waals surface area contributed by atoms with Gasteiger partial charge in [0, 0.05) is 12.7 Å². The summed E-state index contributed by atoms with van der Waals surface area (Å²) in [7, 11) is 1.53. The minimum absolute atomic E-state index is 0.127. The van der Waals surface area contributed by atoms with Crippen LogP contribution < -0.4 is 10.1 Å². The third-order valence-corrected chi connectivity index (χ3v) is 3.54. The highest BCUT2D eigenvalue weighted by Crippen LogP contribution is 2.15. The Bertz CT molecular complexity index is 747. The lowest BCUT2D eigenvalue weighted by Crippen LogP contribution is -2.42. The van der Waals surface area contributed by atoms with E-state index in [-0.39, 0.29) is 24.2 Å². The number of rotatable bonds is 6. The predicted molar refractivity (Wildman–Crippen MR) is 93.9 cm³/mol. The van der Waals surface area contributed by atoms with Gasteiger partial charge in [0.25, 0.3) is 5.91 Å². The van der Waals surface area contributed by atoms with E-state index in [9.17, 15) is 14.0 Å². The number of hydrogen-bond acceptors (Lipinski definition) is 3. The van der Waals surface area contributed by atoms with Crippen molar-refractivity contribution in [2.24, 2.45) is 0 Å². The Hall–Kier alpha value is -2.89. The molecule has 0 saturated carbocycles. The third-order valence-electron chi connectivity index (χ3n) is 3.54. The van der Waals surface area contributed by atoms with E-state index in [2.05, 4.69) is 5.32 Å². The van der Waals surface area contributed by atoms with Crippen molar-refractivity contribution in [2.75, 3.05) is 18.9 Å². The van der Waals surface area contributed by atoms with E-state index in [1.807, 2.05) is 25.1 Å². The van der Waals surface area contributed by atoms with Crippen molar-refractivity contribution < 1.29 is 18.7 Å². The van der Waals surface area contributed by atoms with E-state index < -0.39 is 6.10 Å². The Morgan fingerprint density at radius 1 is 1.20 bits per heavy atom. The number of ether oxygens (including phenoxy) is 1. The van der Waals surface area contributed by atoms with Crippen molar-refractivity contribution in [1.82, 2.24) is 4.90 Å². The van der Waals surface area contributed by atoms with Crippen LogP contribution in [-0.4, -0.2) is 36.4 Å². The van der Waals surface area contributed by atoms with Gasteiger partial charge >= 0.3 is 0 Å². The number of aryl methyl sites for hydroxylation is 1. The van der Waals surface area contributed by atoms with Gasteiger partial charge in [-0.1, -0.05) is 12.1 Å². The molecule has 0 saturated heterocycles. The number of anilines is 1. The van der Waals surface area contributed by atoms with E-state index in [0.717, 1.165) is 5.56 Å². The van der Waals surface area contributed by atoms with Gasteiger partial charge in [-0.2, -0.15) is 0 Å². The van der Waals surface area contributed by atoms with E-state index in [0.29, 0.717) is 11.4 Å². The fraction of sp³-hybridized carbons (Fsp3) is 0.263. The molecule has 0 fully saturated rings. The minimum atomic E-state index is -0.717. The molecule has 132 valence electrons. The van der Waals surface area contributed by atoms with Gasteiger partial charge in [0.05, 0.1) is 6.54 Å². The standard InChI is InChI=1S/C19H21FN2O3/c1-13-5-4-6-17(11-13)25-14(2)19(24)22(3)12-18(23)21-16-9-7-15(20)8-10-16/h4-11,14H,12H2,1-3H3,(H,21,23)/t14-/m0/s1. The molecule has 2 aromatic rings. The second-order valence-corrected chi connectivity index (χ2v) is 5.83. The lowest BCUT2D eigenvalue weighted by atomic mass is 10.2. The molecule has 5 nitrogen and oxygen atoms in total. The van der Waals surface area contributed by atoms with Crippen molar-refractivity contribution >= 4 is 17.5 Å². The van der Waals surface area contributed by atoms with E-state index >= 15 is 0 Å². The Balaban J connectivity index is 1.88. The predicted octanol–water partition coefficient (Wildman–Crippen LogP) is 3.00. The molecule has 0 heterocycles. The Kier molecular flexibility index (Phi) is 6.11. The fourth-order valence-electron chi connectivity index (χ4n) is 2.28. The van der Waals surface area contributed by atoms with Crippen LogP contribution in [-0.2, 0) is 9.59 Å². The molecule has 6 heteroatoms.